The molecule has 0 aliphatic rings. The molecule has 5 heteroatoms. The average molecular weight is 270 g/mol. The van der Waals surface area contributed by atoms with Crippen molar-refractivity contribution in [3.05, 3.63) is 29.6 Å². The van der Waals surface area contributed by atoms with Gasteiger partial charge in [0.05, 0.1) is 12.3 Å². The van der Waals surface area contributed by atoms with Crippen molar-refractivity contribution in [1.29, 1.82) is 0 Å². The van der Waals surface area contributed by atoms with Crippen molar-refractivity contribution in [3.63, 3.8) is 0 Å². The lowest BCUT2D eigenvalue weighted by Crippen LogP contribution is -2.23. The van der Waals surface area contributed by atoms with Gasteiger partial charge in [-0.15, -0.1) is 0 Å². The molecule has 4 nitrogen and oxygen atoms in total. The fourth-order valence-corrected chi connectivity index (χ4v) is 1.81. The number of ether oxygens (including phenoxy) is 1. The van der Waals surface area contributed by atoms with Gasteiger partial charge in [0.1, 0.15) is 5.82 Å². The molecule has 0 aromatic heterocycles. The fourth-order valence-electron chi connectivity index (χ4n) is 1.81. The van der Waals surface area contributed by atoms with Crippen LogP contribution in [0.5, 0.6) is 0 Å². The van der Waals surface area contributed by atoms with E-state index in [-0.39, 0.29) is 12.4 Å². The summed E-state index contributed by atoms with van der Waals surface area (Å²) in [4.78, 5) is 1.71. The molecule has 0 saturated carbocycles. The van der Waals surface area contributed by atoms with E-state index < -0.39 is 0 Å². The molecular weight excluding hydrogens is 247 g/mol. The van der Waals surface area contributed by atoms with E-state index in [2.05, 4.69) is 5.32 Å². The third kappa shape index (κ3) is 5.55. The Balaban J connectivity index is 2.53. The van der Waals surface area contributed by atoms with Crippen LogP contribution in [0.3, 0.4) is 0 Å². The maximum absolute atomic E-state index is 13.7. The number of nitrogens with zero attached hydrogens (tertiary/aromatic N) is 1. The number of anilines is 1. The van der Waals surface area contributed by atoms with E-state index in [4.69, 9.17) is 9.84 Å². The highest BCUT2D eigenvalue weighted by Gasteiger charge is 2.08. The standard InChI is InChI=1S/C14H23FN2O2/c1-17(7-8-18)14-10-12(4-5-13(14)15)11-16-6-3-9-19-2/h4-5,10,16,18H,3,6-9,11H2,1-2H3. The summed E-state index contributed by atoms with van der Waals surface area (Å²) < 4.78 is 18.6. The van der Waals surface area contributed by atoms with Gasteiger partial charge in [-0.25, -0.2) is 4.39 Å². The minimum Gasteiger partial charge on any atom is -0.395 e. The van der Waals surface area contributed by atoms with Gasteiger partial charge in [0, 0.05) is 33.9 Å². The Morgan fingerprint density at radius 2 is 2.21 bits per heavy atom. The molecule has 0 radical (unpaired) electrons. The number of hydrogen-bond donors (Lipinski definition) is 2. The predicted molar refractivity (Wildman–Crippen MR) is 75.0 cm³/mol. The zero-order valence-electron chi connectivity index (χ0n) is 11.7. The van der Waals surface area contributed by atoms with Crippen LogP contribution in [0.2, 0.25) is 0 Å². The summed E-state index contributed by atoms with van der Waals surface area (Å²) in [6.07, 6.45) is 0.953. The van der Waals surface area contributed by atoms with Crippen LogP contribution in [0, 0.1) is 5.82 Å². The van der Waals surface area contributed by atoms with E-state index in [9.17, 15) is 4.39 Å². The van der Waals surface area contributed by atoms with Crippen LogP contribution in [-0.2, 0) is 11.3 Å². The Labute approximate surface area is 114 Å². The minimum absolute atomic E-state index is 0.00936. The molecule has 0 heterocycles. The fraction of sp³-hybridized carbons (Fsp3) is 0.571. The Morgan fingerprint density at radius 1 is 1.42 bits per heavy atom. The van der Waals surface area contributed by atoms with Crippen molar-refractivity contribution >= 4 is 5.69 Å². The molecule has 0 atom stereocenters. The van der Waals surface area contributed by atoms with Gasteiger partial charge >= 0.3 is 0 Å². The van der Waals surface area contributed by atoms with E-state index in [1.54, 1.807) is 25.1 Å². The smallest absolute Gasteiger partial charge is 0.146 e. The zero-order chi connectivity index (χ0) is 14.1. The second-order valence-corrected chi connectivity index (χ2v) is 4.45. The van der Waals surface area contributed by atoms with Gasteiger partial charge in [0.2, 0.25) is 0 Å². The molecule has 0 bridgehead atoms. The Kier molecular flexibility index (Phi) is 7.40. The van der Waals surface area contributed by atoms with E-state index >= 15 is 0 Å². The summed E-state index contributed by atoms with van der Waals surface area (Å²) in [5, 5.41) is 12.2. The van der Waals surface area contributed by atoms with Crippen molar-refractivity contribution in [1.82, 2.24) is 5.32 Å². The molecule has 0 saturated heterocycles. The largest absolute Gasteiger partial charge is 0.395 e. The van der Waals surface area contributed by atoms with Crippen LogP contribution in [-0.4, -0.2) is 45.6 Å². The van der Waals surface area contributed by atoms with Crippen molar-refractivity contribution in [3.8, 4) is 0 Å². The first-order valence-corrected chi connectivity index (χ1v) is 6.49. The van der Waals surface area contributed by atoms with Crippen molar-refractivity contribution < 1.29 is 14.2 Å². The van der Waals surface area contributed by atoms with Gasteiger partial charge in [-0.2, -0.15) is 0 Å². The third-order valence-electron chi connectivity index (χ3n) is 2.89. The lowest BCUT2D eigenvalue weighted by molar-refractivity contribution is 0.194. The van der Waals surface area contributed by atoms with Crippen molar-refractivity contribution in [2.45, 2.75) is 13.0 Å². The molecule has 2 N–H and O–H groups in total. The summed E-state index contributed by atoms with van der Waals surface area (Å²) in [7, 11) is 3.45. The maximum Gasteiger partial charge on any atom is 0.146 e. The molecular formula is C14H23FN2O2. The third-order valence-corrected chi connectivity index (χ3v) is 2.89. The number of aliphatic hydroxyl groups excluding tert-OH is 1. The molecule has 1 rings (SSSR count). The molecule has 0 unspecified atom stereocenters. The highest BCUT2D eigenvalue weighted by molar-refractivity contribution is 5.49. The average Bonchev–Trinajstić information content (AvgIpc) is 2.40. The van der Waals surface area contributed by atoms with Crippen LogP contribution in [0.1, 0.15) is 12.0 Å². The van der Waals surface area contributed by atoms with Gasteiger partial charge in [0.15, 0.2) is 0 Å². The topological polar surface area (TPSA) is 44.7 Å². The van der Waals surface area contributed by atoms with E-state index in [0.29, 0.717) is 18.8 Å². The highest BCUT2D eigenvalue weighted by atomic mass is 19.1. The van der Waals surface area contributed by atoms with E-state index in [1.807, 2.05) is 6.07 Å². The van der Waals surface area contributed by atoms with Gasteiger partial charge in [0.25, 0.3) is 0 Å². The lowest BCUT2D eigenvalue weighted by Gasteiger charge is -2.19. The first-order chi connectivity index (χ1) is 9.19. The predicted octanol–water partition coefficient (Wildman–Crippen LogP) is 1.38. The molecule has 0 fully saturated rings. The van der Waals surface area contributed by atoms with Gasteiger partial charge in [-0.05, 0) is 30.7 Å². The highest BCUT2D eigenvalue weighted by Crippen LogP contribution is 2.19. The van der Waals surface area contributed by atoms with Gasteiger partial charge < -0.3 is 20.1 Å². The van der Waals surface area contributed by atoms with Gasteiger partial charge in [-0.3, -0.25) is 0 Å². The van der Waals surface area contributed by atoms with E-state index in [1.165, 1.54) is 6.07 Å². The molecule has 0 aliphatic carbocycles. The van der Waals surface area contributed by atoms with E-state index in [0.717, 1.165) is 25.1 Å². The monoisotopic (exact) mass is 270 g/mol. The SMILES string of the molecule is COCCCNCc1ccc(F)c(N(C)CCO)c1. The second-order valence-electron chi connectivity index (χ2n) is 4.45. The van der Waals surface area contributed by atoms with Gasteiger partial charge in [-0.1, -0.05) is 6.07 Å². The zero-order valence-corrected chi connectivity index (χ0v) is 11.7. The molecule has 1 aromatic rings. The second kappa shape index (κ2) is 8.85. The summed E-state index contributed by atoms with van der Waals surface area (Å²) in [5.41, 5.74) is 1.55. The van der Waals surface area contributed by atoms with Crippen LogP contribution in [0.15, 0.2) is 18.2 Å². The number of hydrogen-bond acceptors (Lipinski definition) is 4. The number of methoxy groups -OCH3 is 1. The number of nitrogens with one attached hydrogen (secondary N) is 1. The molecule has 108 valence electrons. The molecule has 0 amide bonds. The van der Waals surface area contributed by atoms with Crippen LogP contribution >= 0.6 is 0 Å². The molecule has 1 aromatic carbocycles. The van der Waals surface area contributed by atoms with Crippen LogP contribution in [0.4, 0.5) is 10.1 Å². The first kappa shape index (κ1) is 15.9. The summed E-state index contributed by atoms with van der Waals surface area (Å²) >= 11 is 0. The number of likely N-dealkylation sites (N-methyl/N-ethyl adjacent to an activating group) is 1. The summed E-state index contributed by atoms with van der Waals surface area (Å²) in [5.74, 6) is -0.265. The quantitative estimate of drug-likeness (QED) is 0.665. The van der Waals surface area contributed by atoms with Crippen molar-refractivity contribution in [2.24, 2.45) is 0 Å². The maximum atomic E-state index is 13.7. The number of benzene rings is 1. The normalized spacial score (nSPS) is 10.7. The van der Waals surface area contributed by atoms with Crippen LogP contribution in [0.25, 0.3) is 0 Å². The Hall–Kier alpha value is -1.17. The first-order valence-electron chi connectivity index (χ1n) is 6.49. The van der Waals surface area contributed by atoms with Crippen molar-refractivity contribution in [2.75, 3.05) is 45.4 Å². The summed E-state index contributed by atoms with van der Waals surface area (Å²) in [6, 6.07) is 5.05. The molecule has 0 aliphatic heterocycles. The number of halogens is 1. The van der Waals surface area contributed by atoms with Crippen LogP contribution < -0.4 is 10.2 Å². The molecule has 0 spiro atoms. The Bertz CT molecular complexity index is 374. The lowest BCUT2D eigenvalue weighted by atomic mass is 10.1. The number of rotatable bonds is 9. The Morgan fingerprint density at radius 3 is 2.89 bits per heavy atom. The summed E-state index contributed by atoms with van der Waals surface area (Å²) in [6.45, 7) is 2.73. The molecule has 19 heavy (non-hydrogen) atoms. The number of aliphatic hydroxyl groups is 1. The minimum atomic E-state index is -0.265.